The second-order valence-electron chi connectivity index (χ2n) is 13.1. The molecule has 2 unspecified atom stereocenters. The smallest absolute Gasteiger partial charge is 0.288 e. The van der Waals surface area contributed by atoms with E-state index in [1.165, 1.54) is 37.2 Å². The van der Waals surface area contributed by atoms with Crippen molar-refractivity contribution in [1.29, 1.82) is 0 Å². The number of allylic oxidation sites excluding steroid dienone is 4. The highest BCUT2D eigenvalue weighted by Gasteiger charge is 2.80. The summed E-state index contributed by atoms with van der Waals surface area (Å²) in [4.78, 5) is 40.4. The molecule has 1 heterocycles. The molecule has 11 heteroatoms. The second-order valence-corrected chi connectivity index (χ2v) is 14.0. The van der Waals surface area contributed by atoms with E-state index in [9.17, 15) is 28.3 Å². The lowest BCUT2D eigenvalue weighted by Gasteiger charge is -2.63. The molecule has 0 bridgehead atoms. The van der Waals surface area contributed by atoms with Crippen molar-refractivity contribution in [1.82, 2.24) is 4.90 Å². The number of fused-ring (bicyclic) bond motifs is 7. The van der Waals surface area contributed by atoms with Crippen molar-refractivity contribution in [3.8, 4) is 0 Å². The maximum Gasteiger partial charge on any atom is 0.288 e. The van der Waals surface area contributed by atoms with Gasteiger partial charge in [-0.05, 0) is 62.3 Å². The van der Waals surface area contributed by atoms with Crippen LogP contribution < -0.4 is 0 Å². The molecule has 0 aromatic heterocycles. The molecule has 1 N–H and O–H groups in total. The highest BCUT2D eigenvalue weighted by Crippen LogP contribution is 2.73. The van der Waals surface area contributed by atoms with Gasteiger partial charge in [0.2, 0.25) is 5.12 Å². The van der Waals surface area contributed by atoms with E-state index >= 15 is 4.39 Å². The van der Waals surface area contributed by atoms with Gasteiger partial charge in [0.05, 0.1) is 12.2 Å². The van der Waals surface area contributed by atoms with Crippen LogP contribution in [0.2, 0.25) is 0 Å². The lowest BCUT2D eigenvalue weighted by atomic mass is 9.43. The van der Waals surface area contributed by atoms with Crippen LogP contribution in [0.1, 0.15) is 51.9 Å². The summed E-state index contributed by atoms with van der Waals surface area (Å²) in [5.41, 5.74) is -5.94. The number of thioether (sulfide) groups is 1. The molecule has 226 valence electrons. The van der Waals surface area contributed by atoms with E-state index in [0.717, 1.165) is 6.07 Å². The Morgan fingerprint density at radius 1 is 1.14 bits per heavy atom. The average molecular weight is 606 g/mol. The fourth-order valence-electron chi connectivity index (χ4n) is 8.77. The zero-order chi connectivity index (χ0) is 30.6. The van der Waals surface area contributed by atoms with Gasteiger partial charge in [-0.2, -0.15) is 0 Å². The maximum atomic E-state index is 17.7. The van der Waals surface area contributed by atoms with Gasteiger partial charge in [0, 0.05) is 54.2 Å². The third-order valence-electron chi connectivity index (χ3n) is 10.8. The first-order chi connectivity index (χ1) is 19.6. The summed E-state index contributed by atoms with van der Waals surface area (Å²) in [6.45, 7) is 5.39. The van der Waals surface area contributed by atoms with Crippen molar-refractivity contribution in [3.63, 3.8) is 0 Å². The molecular weight excluding hydrogens is 571 g/mol. The van der Waals surface area contributed by atoms with Gasteiger partial charge in [-0.3, -0.25) is 14.4 Å². The molecule has 4 aliphatic carbocycles. The van der Waals surface area contributed by atoms with Gasteiger partial charge < -0.3 is 19.5 Å². The second kappa shape index (κ2) is 9.51. The quantitative estimate of drug-likeness (QED) is 0.490. The molecular formula is C31H34F3NO6S. The summed E-state index contributed by atoms with van der Waals surface area (Å²) < 4.78 is 58.9. The van der Waals surface area contributed by atoms with Crippen molar-refractivity contribution in [2.24, 2.45) is 28.6 Å². The normalized spacial score (nSPS) is 43.6. The molecule has 10 atom stereocenters. The standard InChI is InChI=1S/C31H34F3NO6S/c1-15-10-21-20-13-24-31(26(38)42-27(39)35(4)5,41-25(40-24)18-7-6-16(32)11-22(18)33)29(20,3)14-23(37)30(21,34)28(2)9-8-17(36)12-19(15)28/h6-9,11-12,15,20-21,23-25,37H,10,13-14H2,1-5H3/t15-,20?,21-,23-,24+,25?,28-,29-,30-,31-/m0/s1. The fraction of sp³-hybridized carbons (Fsp3) is 0.581. The highest BCUT2D eigenvalue weighted by molar-refractivity contribution is 8.26. The summed E-state index contributed by atoms with van der Waals surface area (Å²) in [6, 6.07) is 2.93. The van der Waals surface area contributed by atoms with Crippen molar-refractivity contribution >= 4 is 27.9 Å². The topological polar surface area (TPSA) is 93.1 Å². The largest absolute Gasteiger partial charge is 0.390 e. The third kappa shape index (κ3) is 3.69. The van der Waals surface area contributed by atoms with Gasteiger partial charge in [-0.1, -0.05) is 25.5 Å². The summed E-state index contributed by atoms with van der Waals surface area (Å²) in [6.07, 6.45) is 0.693. The van der Waals surface area contributed by atoms with E-state index in [2.05, 4.69) is 0 Å². The zero-order valence-corrected chi connectivity index (χ0v) is 24.8. The van der Waals surface area contributed by atoms with Gasteiger partial charge in [0.1, 0.15) is 11.6 Å². The summed E-state index contributed by atoms with van der Waals surface area (Å²) in [5, 5.41) is 10.5. The van der Waals surface area contributed by atoms with E-state index < -0.39 is 74.4 Å². The van der Waals surface area contributed by atoms with Crippen LogP contribution in [0.3, 0.4) is 0 Å². The van der Waals surface area contributed by atoms with E-state index in [1.807, 2.05) is 6.92 Å². The van der Waals surface area contributed by atoms with Crippen LogP contribution in [-0.2, 0) is 19.1 Å². The Balaban J connectivity index is 1.46. The summed E-state index contributed by atoms with van der Waals surface area (Å²) >= 11 is 0.434. The number of amides is 1. The summed E-state index contributed by atoms with van der Waals surface area (Å²) in [7, 11) is 3.00. The Morgan fingerprint density at radius 2 is 1.86 bits per heavy atom. The van der Waals surface area contributed by atoms with E-state index in [0.29, 0.717) is 29.8 Å². The molecule has 0 spiro atoms. The average Bonchev–Trinajstić information content (AvgIpc) is 3.40. The monoisotopic (exact) mass is 605 g/mol. The molecule has 7 nitrogen and oxygen atoms in total. The molecule has 1 amide bonds. The Morgan fingerprint density at radius 3 is 2.52 bits per heavy atom. The number of ketones is 1. The number of aliphatic hydroxyl groups excluding tert-OH is 1. The fourth-order valence-corrected chi connectivity index (χ4v) is 9.68. The Hall–Kier alpha value is -2.47. The predicted octanol–water partition coefficient (Wildman–Crippen LogP) is 5.29. The van der Waals surface area contributed by atoms with Crippen molar-refractivity contribution in [2.75, 3.05) is 14.1 Å². The Bertz CT molecular complexity index is 1450. The number of hydrogen-bond acceptors (Lipinski definition) is 7. The van der Waals surface area contributed by atoms with Gasteiger partial charge in [-0.15, -0.1) is 0 Å². The zero-order valence-electron chi connectivity index (χ0n) is 24.0. The van der Waals surface area contributed by atoms with Crippen LogP contribution in [0, 0.1) is 40.2 Å². The lowest BCUT2D eigenvalue weighted by molar-refractivity contribution is -0.231. The molecule has 3 saturated carbocycles. The third-order valence-corrected chi connectivity index (χ3v) is 11.8. The number of aliphatic hydroxyl groups is 1. The van der Waals surface area contributed by atoms with Crippen molar-refractivity contribution in [2.45, 2.75) is 69.8 Å². The number of nitrogens with zero attached hydrogens (tertiary/aromatic N) is 1. The van der Waals surface area contributed by atoms with Crippen LogP contribution in [0.5, 0.6) is 0 Å². The van der Waals surface area contributed by atoms with Gasteiger partial charge in [0.15, 0.2) is 23.3 Å². The molecule has 0 radical (unpaired) electrons. The first-order valence-electron chi connectivity index (χ1n) is 14.1. The molecule has 1 aliphatic heterocycles. The maximum absolute atomic E-state index is 17.7. The van der Waals surface area contributed by atoms with Crippen molar-refractivity contribution in [3.05, 3.63) is 59.2 Å². The number of halogens is 3. The number of hydrogen-bond donors (Lipinski definition) is 1. The minimum atomic E-state index is -2.16. The molecule has 1 aromatic carbocycles. The number of carbonyl (C=O) groups is 3. The number of benzene rings is 1. The minimum Gasteiger partial charge on any atom is -0.390 e. The Labute approximate surface area is 246 Å². The minimum absolute atomic E-state index is 0.108. The van der Waals surface area contributed by atoms with Crippen molar-refractivity contribution < 1.29 is 42.1 Å². The lowest BCUT2D eigenvalue weighted by Crippen LogP contribution is -2.70. The van der Waals surface area contributed by atoms with Gasteiger partial charge >= 0.3 is 0 Å². The number of ether oxygens (including phenoxy) is 2. The number of carbonyl (C=O) groups excluding carboxylic acids is 3. The summed E-state index contributed by atoms with van der Waals surface area (Å²) in [5.74, 6) is -3.40. The van der Waals surface area contributed by atoms with Crippen LogP contribution >= 0.6 is 11.8 Å². The highest BCUT2D eigenvalue weighted by atomic mass is 32.2. The van der Waals surface area contributed by atoms with Gasteiger partial charge in [-0.25, -0.2) is 13.2 Å². The van der Waals surface area contributed by atoms with E-state index in [1.54, 1.807) is 19.9 Å². The molecule has 5 aliphatic rings. The molecule has 6 rings (SSSR count). The van der Waals surface area contributed by atoms with E-state index in [4.69, 9.17) is 9.47 Å². The molecule has 1 saturated heterocycles. The van der Waals surface area contributed by atoms with Gasteiger partial charge in [0.25, 0.3) is 5.24 Å². The first-order valence-corrected chi connectivity index (χ1v) is 15.0. The van der Waals surface area contributed by atoms with Crippen LogP contribution in [0.15, 0.2) is 42.0 Å². The number of rotatable bonds is 2. The Kier molecular flexibility index (Phi) is 6.70. The first kappa shape index (κ1) is 29.6. The molecule has 1 aromatic rings. The van der Waals surface area contributed by atoms with E-state index in [-0.39, 0.29) is 30.1 Å². The van der Waals surface area contributed by atoms with Crippen LogP contribution in [0.25, 0.3) is 0 Å². The molecule has 42 heavy (non-hydrogen) atoms. The molecule has 4 fully saturated rings. The van der Waals surface area contributed by atoms with Crippen LogP contribution in [-0.4, -0.2) is 63.7 Å². The number of alkyl halides is 1. The van der Waals surface area contributed by atoms with Crippen LogP contribution in [0.4, 0.5) is 18.0 Å². The SMILES string of the molecule is C[C@H]1C[C@H]2C3C[C@H]4OC(c5ccc(F)cc5F)O[C@@]4(C(=O)SC(=O)N(C)C)[C@@]3(C)C[C@H](O)[C@]2(F)[C@@]2(C)C=CC(=O)C=C12. The predicted molar refractivity (Wildman–Crippen MR) is 148 cm³/mol.